The van der Waals surface area contributed by atoms with E-state index in [0.29, 0.717) is 12.1 Å². The minimum absolute atomic E-state index is 0.100. The van der Waals surface area contributed by atoms with Crippen molar-refractivity contribution in [1.29, 1.82) is 0 Å². The van der Waals surface area contributed by atoms with E-state index in [4.69, 9.17) is 16.7 Å². The number of carboxylic acid groups (broad SMARTS) is 1. The number of nitrogens with one attached hydrogen (secondary N) is 2. The summed E-state index contributed by atoms with van der Waals surface area (Å²) in [6.45, 7) is 6.59. The van der Waals surface area contributed by atoms with Gasteiger partial charge >= 0.3 is 5.97 Å². The van der Waals surface area contributed by atoms with Crippen molar-refractivity contribution in [2.24, 2.45) is 5.92 Å². The lowest BCUT2D eigenvalue weighted by Gasteiger charge is -2.21. The summed E-state index contributed by atoms with van der Waals surface area (Å²) < 4.78 is 0. The number of benzene rings is 1. The second-order valence-corrected chi connectivity index (χ2v) is 6.63. The maximum Gasteiger partial charge on any atom is 0.328 e. The van der Waals surface area contributed by atoms with Crippen LogP contribution in [0, 0.1) is 5.92 Å². The summed E-state index contributed by atoms with van der Waals surface area (Å²) in [5, 5.41) is 14.3. The lowest BCUT2D eigenvalue weighted by molar-refractivity contribution is -0.143. The summed E-state index contributed by atoms with van der Waals surface area (Å²) in [6.07, 6.45) is 0.357. The van der Waals surface area contributed by atoms with E-state index in [9.17, 15) is 14.4 Å². The second kappa shape index (κ2) is 7.46. The summed E-state index contributed by atoms with van der Waals surface area (Å²) >= 11 is 6.00. The first kappa shape index (κ1) is 19.0. The number of hydrogen-bond donors (Lipinski definition) is 3. The Kier molecular flexibility index (Phi) is 6.15. The predicted molar refractivity (Wildman–Crippen MR) is 88.7 cm³/mol. The van der Waals surface area contributed by atoms with Crippen LogP contribution in [0.2, 0.25) is 5.02 Å². The molecule has 126 valence electrons. The van der Waals surface area contributed by atoms with Crippen LogP contribution in [0.25, 0.3) is 0 Å². The maximum atomic E-state index is 12.2. The molecule has 1 aromatic rings. The number of hydrogen-bond acceptors (Lipinski definition) is 3. The van der Waals surface area contributed by atoms with E-state index in [1.54, 1.807) is 6.07 Å². The average molecular weight is 341 g/mol. The van der Waals surface area contributed by atoms with Gasteiger partial charge in [-0.25, -0.2) is 4.79 Å². The van der Waals surface area contributed by atoms with Gasteiger partial charge < -0.3 is 15.7 Å². The van der Waals surface area contributed by atoms with Crippen molar-refractivity contribution in [1.82, 2.24) is 5.32 Å². The molecule has 0 atom stereocenters. The van der Waals surface area contributed by atoms with Crippen molar-refractivity contribution >= 4 is 35.1 Å². The molecule has 0 aliphatic carbocycles. The Labute approximate surface area is 140 Å². The van der Waals surface area contributed by atoms with Gasteiger partial charge in [-0.05, 0) is 38.0 Å². The zero-order chi connectivity index (χ0) is 17.8. The molecule has 1 aromatic carbocycles. The van der Waals surface area contributed by atoms with Gasteiger partial charge in [0.05, 0.1) is 10.6 Å². The highest BCUT2D eigenvalue weighted by Gasteiger charge is 2.30. The van der Waals surface area contributed by atoms with Gasteiger partial charge in [-0.1, -0.05) is 25.4 Å². The van der Waals surface area contributed by atoms with E-state index in [0.717, 1.165) is 0 Å². The summed E-state index contributed by atoms with van der Waals surface area (Å²) in [5.74, 6) is -1.74. The topological polar surface area (TPSA) is 95.5 Å². The second-order valence-electron chi connectivity index (χ2n) is 6.23. The fourth-order valence-electron chi connectivity index (χ4n) is 1.76. The monoisotopic (exact) mass is 340 g/mol. The third-order valence-electron chi connectivity index (χ3n) is 3.05. The molecular weight excluding hydrogens is 320 g/mol. The van der Waals surface area contributed by atoms with Crippen LogP contribution >= 0.6 is 11.6 Å². The van der Waals surface area contributed by atoms with Crippen LogP contribution in [0.15, 0.2) is 18.2 Å². The summed E-state index contributed by atoms with van der Waals surface area (Å²) in [6, 6.07) is 4.49. The van der Waals surface area contributed by atoms with Crippen LogP contribution in [0.3, 0.4) is 0 Å². The quantitative estimate of drug-likeness (QED) is 0.742. The average Bonchev–Trinajstić information content (AvgIpc) is 2.39. The molecule has 0 fully saturated rings. The van der Waals surface area contributed by atoms with Gasteiger partial charge in [-0.2, -0.15) is 0 Å². The Morgan fingerprint density at radius 2 is 1.87 bits per heavy atom. The fraction of sp³-hybridized carbons (Fsp3) is 0.438. The molecule has 0 heterocycles. The van der Waals surface area contributed by atoms with Gasteiger partial charge in [0.25, 0.3) is 5.91 Å². The molecule has 23 heavy (non-hydrogen) atoms. The molecule has 0 aromatic heterocycles. The van der Waals surface area contributed by atoms with Crippen LogP contribution in [0.4, 0.5) is 5.69 Å². The van der Waals surface area contributed by atoms with Crippen molar-refractivity contribution in [3.8, 4) is 0 Å². The Morgan fingerprint density at radius 3 is 2.39 bits per heavy atom. The zero-order valence-electron chi connectivity index (χ0n) is 13.6. The third-order valence-corrected chi connectivity index (χ3v) is 3.38. The highest BCUT2D eigenvalue weighted by Crippen LogP contribution is 2.22. The number of aliphatic carboxylic acids is 1. The van der Waals surface area contributed by atoms with Crippen LogP contribution in [0.1, 0.15) is 44.5 Å². The molecule has 1 rings (SSSR count). The summed E-state index contributed by atoms with van der Waals surface area (Å²) in [5.41, 5.74) is -0.904. The number of amides is 2. The van der Waals surface area contributed by atoms with E-state index in [1.165, 1.54) is 26.0 Å². The smallest absolute Gasteiger partial charge is 0.328 e. The highest BCUT2D eigenvalue weighted by atomic mass is 35.5. The van der Waals surface area contributed by atoms with Crippen molar-refractivity contribution in [3.05, 3.63) is 28.8 Å². The molecule has 0 saturated carbocycles. The van der Waals surface area contributed by atoms with Gasteiger partial charge in [-0.3, -0.25) is 9.59 Å². The van der Waals surface area contributed by atoms with Gasteiger partial charge in [0.1, 0.15) is 5.54 Å². The van der Waals surface area contributed by atoms with E-state index in [1.807, 2.05) is 13.8 Å². The van der Waals surface area contributed by atoms with Gasteiger partial charge in [-0.15, -0.1) is 0 Å². The molecule has 0 saturated heterocycles. The van der Waals surface area contributed by atoms with Gasteiger partial charge in [0, 0.05) is 12.1 Å². The molecule has 6 nitrogen and oxygen atoms in total. The van der Waals surface area contributed by atoms with E-state index in [2.05, 4.69) is 10.6 Å². The number of rotatable bonds is 6. The lowest BCUT2D eigenvalue weighted by atomic mass is 10.0. The maximum absolute atomic E-state index is 12.2. The molecule has 0 aliphatic heterocycles. The highest BCUT2D eigenvalue weighted by molar-refractivity contribution is 6.34. The van der Waals surface area contributed by atoms with Crippen molar-refractivity contribution in [2.75, 3.05) is 5.32 Å². The van der Waals surface area contributed by atoms with Crippen LogP contribution in [0.5, 0.6) is 0 Å². The Balaban J connectivity index is 2.95. The first-order valence-electron chi connectivity index (χ1n) is 7.18. The SMILES string of the molecule is CC(C)CC(=O)Nc1ccc(Cl)c(C(=O)NC(C)(C)C(=O)O)c1. The number of carbonyl (C=O) groups excluding carboxylic acids is 2. The zero-order valence-corrected chi connectivity index (χ0v) is 14.3. The number of carboxylic acids is 1. The van der Waals surface area contributed by atoms with E-state index >= 15 is 0 Å². The summed E-state index contributed by atoms with van der Waals surface area (Å²) in [7, 11) is 0. The molecule has 0 radical (unpaired) electrons. The largest absolute Gasteiger partial charge is 0.480 e. The minimum Gasteiger partial charge on any atom is -0.480 e. The van der Waals surface area contributed by atoms with E-state index < -0.39 is 17.4 Å². The fourth-order valence-corrected chi connectivity index (χ4v) is 1.97. The molecular formula is C16H21ClN2O4. The third kappa shape index (κ3) is 5.56. The molecule has 0 aliphatic rings. The molecule has 3 N–H and O–H groups in total. The van der Waals surface area contributed by atoms with Crippen LogP contribution < -0.4 is 10.6 Å². The van der Waals surface area contributed by atoms with E-state index in [-0.39, 0.29) is 22.4 Å². The number of halogens is 1. The standard InChI is InChI=1S/C16H21ClN2O4/c1-9(2)7-13(20)18-10-5-6-12(17)11(8-10)14(21)19-16(3,4)15(22)23/h5-6,8-9H,7H2,1-4H3,(H,18,20)(H,19,21)(H,22,23). The van der Waals surface area contributed by atoms with Crippen LogP contribution in [-0.2, 0) is 9.59 Å². The van der Waals surface area contributed by atoms with Crippen LogP contribution in [-0.4, -0.2) is 28.4 Å². The first-order valence-corrected chi connectivity index (χ1v) is 7.56. The Morgan fingerprint density at radius 1 is 1.26 bits per heavy atom. The summed E-state index contributed by atoms with van der Waals surface area (Å²) in [4.78, 5) is 35.1. The van der Waals surface area contributed by atoms with Crippen molar-refractivity contribution in [3.63, 3.8) is 0 Å². The van der Waals surface area contributed by atoms with Crippen molar-refractivity contribution < 1.29 is 19.5 Å². The lowest BCUT2D eigenvalue weighted by Crippen LogP contribution is -2.49. The molecule has 0 bridgehead atoms. The number of carbonyl (C=O) groups is 3. The molecule has 0 unspecified atom stereocenters. The first-order chi connectivity index (χ1) is 10.5. The number of anilines is 1. The van der Waals surface area contributed by atoms with Crippen molar-refractivity contribution in [2.45, 2.75) is 39.7 Å². The molecule has 2 amide bonds. The normalized spacial score (nSPS) is 11.2. The molecule has 7 heteroatoms. The Bertz CT molecular complexity index is 627. The predicted octanol–water partition coefficient (Wildman–Crippen LogP) is 2.92. The Hall–Kier alpha value is -2.08. The minimum atomic E-state index is -1.43. The van der Waals surface area contributed by atoms with Gasteiger partial charge in [0.2, 0.25) is 5.91 Å². The van der Waals surface area contributed by atoms with Gasteiger partial charge in [0.15, 0.2) is 0 Å². The molecule has 0 spiro atoms.